The van der Waals surface area contributed by atoms with Crippen LogP contribution in [-0.2, 0) is 0 Å². The molecular formula is C43H76N16. The lowest BCUT2D eigenvalue weighted by atomic mass is 10.0. The number of hydrogen-bond acceptors (Lipinski definition) is 12. The Balaban J connectivity index is 0. The minimum absolute atomic E-state index is 0.132. The molecule has 0 radical (unpaired) electrons. The fourth-order valence-electron chi connectivity index (χ4n) is 3.74. The van der Waals surface area contributed by atoms with Gasteiger partial charge in [0.25, 0.3) is 0 Å². The summed E-state index contributed by atoms with van der Waals surface area (Å²) in [5.41, 5.74) is 33.7. The van der Waals surface area contributed by atoms with E-state index in [1.54, 1.807) is 31.9 Å². The second-order valence-corrected chi connectivity index (χ2v) is 15.0. The Hall–Kier alpha value is -6.06. The Bertz CT molecular complexity index is 1610. The number of aromatic nitrogens is 2. The van der Waals surface area contributed by atoms with Crippen molar-refractivity contribution in [3.8, 4) is 0 Å². The van der Waals surface area contributed by atoms with Gasteiger partial charge in [-0.3, -0.25) is 15.4 Å². The van der Waals surface area contributed by atoms with Crippen LogP contribution in [0.4, 0.5) is 11.5 Å². The maximum Gasteiger partial charge on any atom is 0.212 e. The number of nitrogens with zero attached hydrogens (tertiary/aromatic N) is 7. The van der Waals surface area contributed by atoms with Gasteiger partial charge in [0.15, 0.2) is 0 Å². The highest BCUT2D eigenvalue weighted by molar-refractivity contribution is 5.81. The van der Waals surface area contributed by atoms with E-state index in [9.17, 15) is 0 Å². The molecule has 0 saturated carbocycles. The first-order chi connectivity index (χ1) is 27.8. The first kappa shape index (κ1) is 55.0. The van der Waals surface area contributed by atoms with Crippen molar-refractivity contribution in [1.29, 1.82) is 5.41 Å². The number of aliphatic imine (C=N–C) groups is 2. The first-order valence-electron chi connectivity index (χ1n) is 20.0. The lowest BCUT2D eigenvalue weighted by Crippen LogP contribution is -2.30. The van der Waals surface area contributed by atoms with Crippen molar-refractivity contribution in [2.45, 2.75) is 101 Å². The van der Waals surface area contributed by atoms with Gasteiger partial charge in [-0.1, -0.05) is 101 Å². The van der Waals surface area contributed by atoms with Gasteiger partial charge in [-0.15, -0.1) is 0 Å². The topological polar surface area (TPSA) is 264 Å². The summed E-state index contributed by atoms with van der Waals surface area (Å²) < 4.78 is 0. The number of nitrogens with two attached hydrogens (primary N) is 4. The van der Waals surface area contributed by atoms with Gasteiger partial charge in [0, 0.05) is 56.5 Å². The molecule has 0 fully saturated rings. The molecule has 16 heteroatoms. The molecule has 0 saturated heterocycles. The van der Waals surface area contributed by atoms with E-state index in [-0.39, 0.29) is 5.96 Å². The average molecular weight is 817 g/mol. The fourth-order valence-corrected chi connectivity index (χ4v) is 3.74. The molecule has 0 unspecified atom stereocenters. The summed E-state index contributed by atoms with van der Waals surface area (Å²) in [7, 11) is 1.60. The van der Waals surface area contributed by atoms with E-state index in [0.717, 1.165) is 24.7 Å². The molecule has 0 bridgehead atoms. The van der Waals surface area contributed by atoms with Crippen LogP contribution in [0.5, 0.6) is 0 Å². The van der Waals surface area contributed by atoms with Crippen LogP contribution >= 0.6 is 0 Å². The van der Waals surface area contributed by atoms with Gasteiger partial charge >= 0.3 is 0 Å². The van der Waals surface area contributed by atoms with Crippen molar-refractivity contribution in [2.75, 3.05) is 31.6 Å². The Labute approximate surface area is 354 Å². The highest BCUT2D eigenvalue weighted by atomic mass is 15.4. The van der Waals surface area contributed by atoms with E-state index in [1.807, 2.05) is 76.5 Å². The molecule has 0 amide bonds. The normalized spacial score (nSPS) is 12.1. The minimum atomic E-state index is -0.132. The number of hydrazone groups is 3. The summed E-state index contributed by atoms with van der Waals surface area (Å²) in [5.74, 6) is 4.57. The van der Waals surface area contributed by atoms with Crippen molar-refractivity contribution < 1.29 is 0 Å². The maximum atomic E-state index is 6.69. The zero-order valence-electron chi connectivity index (χ0n) is 37.9. The molecule has 16 nitrogen and oxygen atoms in total. The van der Waals surface area contributed by atoms with Gasteiger partial charge in [-0.05, 0) is 82.5 Å². The number of pyridine rings is 2. The quantitative estimate of drug-likeness (QED) is 0.0470. The SMILES string of the molecule is CC(C)/C=N/NC(=N)N.CC(C)/C=N/NC1=NCCN1.CC(C)c1cccc(N)c1.CC(C)c1cccnc1.CC(C)c1ccnc(N)c1.CN=C(N)N/N=C/C(C)C. The highest BCUT2D eigenvalue weighted by Gasteiger charge is 2.01. The molecule has 1 aromatic carbocycles. The number of hydrogen-bond donors (Lipinski definition) is 9. The van der Waals surface area contributed by atoms with Crippen molar-refractivity contribution in [2.24, 2.45) is 54.5 Å². The first-order valence-corrected chi connectivity index (χ1v) is 20.0. The van der Waals surface area contributed by atoms with Crippen molar-refractivity contribution in [3.05, 3.63) is 83.8 Å². The number of guanidine groups is 3. The molecule has 1 aliphatic heterocycles. The summed E-state index contributed by atoms with van der Waals surface area (Å²) in [6.07, 6.45) is 10.7. The Morgan fingerprint density at radius 2 is 1.25 bits per heavy atom. The summed E-state index contributed by atoms with van der Waals surface area (Å²) in [6, 6.07) is 16.0. The van der Waals surface area contributed by atoms with E-state index >= 15 is 0 Å². The molecular weight excluding hydrogens is 741 g/mol. The van der Waals surface area contributed by atoms with Crippen LogP contribution in [0.1, 0.15) is 118 Å². The second kappa shape index (κ2) is 34.0. The molecule has 0 aliphatic carbocycles. The number of rotatable bonds is 9. The number of anilines is 2. The van der Waals surface area contributed by atoms with Crippen molar-refractivity contribution >= 4 is 48.0 Å². The van der Waals surface area contributed by atoms with E-state index in [2.05, 4.69) is 124 Å². The molecule has 3 heterocycles. The lowest BCUT2D eigenvalue weighted by Gasteiger charge is -2.04. The van der Waals surface area contributed by atoms with Gasteiger partial charge in [0.05, 0.1) is 6.54 Å². The van der Waals surface area contributed by atoms with Gasteiger partial charge in [0.1, 0.15) is 5.82 Å². The fraction of sp³-hybridized carbons (Fsp3) is 0.488. The van der Waals surface area contributed by atoms with Crippen LogP contribution in [0.25, 0.3) is 0 Å². The van der Waals surface area contributed by atoms with Crippen LogP contribution < -0.4 is 44.5 Å². The number of benzene rings is 1. The van der Waals surface area contributed by atoms with Crippen LogP contribution in [0.3, 0.4) is 0 Å². The third-order valence-corrected chi connectivity index (χ3v) is 6.97. The Morgan fingerprint density at radius 3 is 1.64 bits per heavy atom. The molecule has 328 valence electrons. The second-order valence-electron chi connectivity index (χ2n) is 15.0. The van der Waals surface area contributed by atoms with E-state index in [0.29, 0.717) is 47.3 Å². The molecule has 4 rings (SSSR count). The largest absolute Gasteiger partial charge is 0.399 e. The predicted molar refractivity (Wildman–Crippen MR) is 255 cm³/mol. The van der Waals surface area contributed by atoms with Crippen molar-refractivity contribution in [3.63, 3.8) is 0 Å². The minimum Gasteiger partial charge on any atom is -0.399 e. The van der Waals surface area contributed by atoms with Crippen LogP contribution in [0.15, 0.2) is 92.4 Å². The monoisotopic (exact) mass is 817 g/mol. The summed E-state index contributed by atoms with van der Waals surface area (Å²) >= 11 is 0. The number of nitrogens with one attached hydrogen (secondary N) is 5. The van der Waals surface area contributed by atoms with Gasteiger partial charge < -0.3 is 28.3 Å². The zero-order valence-corrected chi connectivity index (χ0v) is 37.9. The predicted octanol–water partition coefficient (Wildman–Crippen LogP) is 6.83. The summed E-state index contributed by atoms with van der Waals surface area (Å²) in [6.45, 7) is 26.9. The lowest BCUT2D eigenvalue weighted by molar-refractivity contribution is 0.858. The molecule has 0 atom stereocenters. The Morgan fingerprint density at radius 1 is 0.712 bits per heavy atom. The maximum absolute atomic E-state index is 6.69. The van der Waals surface area contributed by atoms with E-state index in [1.165, 1.54) is 16.7 Å². The third-order valence-electron chi connectivity index (χ3n) is 6.97. The number of nitrogen functional groups attached to an aromatic ring is 2. The summed E-state index contributed by atoms with van der Waals surface area (Å²) in [4.78, 5) is 15.7. The van der Waals surface area contributed by atoms with Crippen molar-refractivity contribution in [1.82, 2.24) is 31.6 Å². The molecule has 0 spiro atoms. The Kier molecular flexibility index (Phi) is 31.7. The average Bonchev–Trinajstić information content (AvgIpc) is 3.69. The van der Waals surface area contributed by atoms with Crippen LogP contribution in [-0.4, -0.2) is 66.6 Å². The van der Waals surface area contributed by atoms with Gasteiger partial charge in [-0.25, -0.2) is 26.3 Å². The van der Waals surface area contributed by atoms with Crippen LogP contribution in [0.2, 0.25) is 0 Å². The molecule has 1 aliphatic rings. The van der Waals surface area contributed by atoms with Gasteiger partial charge in [0.2, 0.25) is 17.9 Å². The molecule has 59 heavy (non-hydrogen) atoms. The molecule has 13 N–H and O–H groups in total. The third kappa shape index (κ3) is 34.9. The molecule has 3 aromatic rings. The van der Waals surface area contributed by atoms with E-state index in [4.69, 9.17) is 28.3 Å². The highest BCUT2D eigenvalue weighted by Crippen LogP contribution is 2.16. The van der Waals surface area contributed by atoms with Gasteiger partial charge in [-0.2, -0.15) is 15.3 Å². The van der Waals surface area contributed by atoms with Crippen LogP contribution in [0, 0.1) is 23.2 Å². The molecule has 2 aromatic heterocycles. The standard InChI is InChI=1S/C9H13N.C8H12N2.C8H11N.C7H14N4.C6H14N4.C5H12N4/c1-7(2)8-4-3-5-9(10)6-8;1-6(2)7-3-4-10-8(9)5-7;1-7(2)8-4-3-5-9-6-8;1-6(2)5-10-11-7-8-3-4-9-7;1-5(2)4-9-10-6(7)8-3;1-4(2)3-8-9-5(6)7/h3-7H,10H2,1-2H3;3-6H,1-2H3,(H2,9,10);3-7H,1-2H3;5-6H,3-4H2,1-2H3,(H2,8,9,11);4-5H,1-3H3,(H3,7,8,10);3-4H,1-2H3,(H4,6,7,9)/b;;;10-5+;9-4+;8-3+. The smallest absolute Gasteiger partial charge is 0.212 e. The zero-order chi connectivity index (χ0) is 45.2. The summed E-state index contributed by atoms with van der Waals surface area (Å²) in [5, 5.41) is 21.2. The van der Waals surface area contributed by atoms with E-state index < -0.39 is 0 Å².